The molecule has 186 valence electrons. The second-order valence-corrected chi connectivity index (χ2v) is 10.4. The van der Waals surface area contributed by atoms with Gasteiger partial charge in [-0.3, -0.25) is 4.90 Å². The van der Waals surface area contributed by atoms with Gasteiger partial charge in [0.2, 0.25) is 0 Å². The Hall–Kier alpha value is -2.55. The van der Waals surface area contributed by atoms with Crippen molar-refractivity contribution in [3.63, 3.8) is 0 Å². The predicted molar refractivity (Wildman–Crippen MR) is 137 cm³/mol. The van der Waals surface area contributed by atoms with Crippen molar-refractivity contribution in [1.82, 2.24) is 24.6 Å². The van der Waals surface area contributed by atoms with Crippen molar-refractivity contribution in [2.24, 2.45) is 0 Å². The molecule has 1 aromatic carbocycles. The molecular formula is C27H36N6O2. The number of ether oxygens (including phenoxy) is 2. The molecule has 8 heteroatoms. The number of likely N-dealkylation sites (tertiary alicyclic amines) is 1. The monoisotopic (exact) mass is 476 g/mol. The largest absolute Gasteiger partial charge is 0.380 e. The Bertz CT molecular complexity index is 1200. The molecule has 3 aliphatic rings. The van der Waals surface area contributed by atoms with Crippen LogP contribution in [-0.4, -0.2) is 82.8 Å². The average Bonchev–Trinajstić information content (AvgIpc) is 3.54. The van der Waals surface area contributed by atoms with Crippen LogP contribution < -0.4 is 4.90 Å². The van der Waals surface area contributed by atoms with E-state index in [9.17, 15) is 0 Å². The first-order valence-electron chi connectivity index (χ1n) is 13.1. The first-order chi connectivity index (χ1) is 17.1. The lowest BCUT2D eigenvalue weighted by molar-refractivity contribution is 0.0985. The van der Waals surface area contributed by atoms with E-state index in [2.05, 4.69) is 41.8 Å². The van der Waals surface area contributed by atoms with Crippen LogP contribution in [0.1, 0.15) is 49.1 Å². The Morgan fingerprint density at radius 2 is 1.69 bits per heavy atom. The van der Waals surface area contributed by atoms with Crippen LogP contribution in [0.2, 0.25) is 0 Å². The van der Waals surface area contributed by atoms with E-state index in [0.717, 1.165) is 74.4 Å². The SMILES string of the molecule is Cc1nc(N2CCOC[C@H]2C)cc(-n2ncc3cc(C)c(C4CCN(C5CCOC5)CC4)cc32)n1. The van der Waals surface area contributed by atoms with Crippen molar-refractivity contribution < 1.29 is 9.47 Å². The highest BCUT2D eigenvalue weighted by molar-refractivity contribution is 5.82. The molecule has 5 heterocycles. The standard InChI is InChI=1S/C27H36N6O2/c1-18-12-22-15-28-33(27-14-26(29-20(3)30-27)32-9-11-35-16-19(32)2)25(22)13-24(18)21-4-7-31(8-5-21)23-6-10-34-17-23/h12-15,19,21,23H,4-11,16-17H2,1-3H3/t19-,23?/m1/s1. The quantitative estimate of drug-likeness (QED) is 0.570. The Kier molecular flexibility index (Phi) is 6.20. The van der Waals surface area contributed by atoms with Gasteiger partial charge in [0, 0.05) is 30.6 Å². The number of hydrogen-bond acceptors (Lipinski definition) is 7. The zero-order valence-corrected chi connectivity index (χ0v) is 21.1. The van der Waals surface area contributed by atoms with Crippen molar-refractivity contribution in [2.45, 2.75) is 58.0 Å². The number of benzene rings is 1. The summed E-state index contributed by atoms with van der Waals surface area (Å²) in [5, 5.41) is 5.92. The molecule has 1 unspecified atom stereocenters. The van der Waals surface area contributed by atoms with Crippen LogP contribution in [0.25, 0.3) is 16.7 Å². The van der Waals surface area contributed by atoms with Gasteiger partial charge in [-0.2, -0.15) is 5.10 Å². The number of rotatable bonds is 4. The Balaban J connectivity index is 1.30. The number of anilines is 1. The van der Waals surface area contributed by atoms with Crippen LogP contribution in [0, 0.1) is 13.8 Å². The summed E-state index contributed by atoms with van der Waals surface area (Å²) in [7, 11) is 0. The van der Waals surface area contributed by atoms with Crippen molar-refractivity contribution in [3.05, 3.63) is 41.3 Å². The summed E-state index contributed by atoms with van der Waals surface area (Å²) in [6.45, 7) is 12.8. The molecule has 2 aromatic heterocycles. The van der Waals surface area contributed by atoms with E-state index < -0.39 is 0 Å². The summed E-state index contributed by atoms with van der Waals surface area (Å²) in [4.78, 5) is 14.5. The smallest absolute Gasteiger partial charge is 0.159 e. The van der Waals surface area contributed by atoms with Gasteiger partial charge in [0.05, 0.1) is 37.6 Å². The molecule has 0 bridgehead atoms. The van der Waals surface area contributed by atoms with Crippen LogP contribution in [0.4, 0.5) is 5.82 Å². The van der Waals surface area contributed by atoms with Crippen molar-refractivity contribution in [2.75, 3.05) is 51.0 Å². The summed E-state index contributed by atoms with van der Waals surface area (Å²) in [6.07, 6.45) is 5.53. The normalized spacial score (nSPS) is 24.5. The Labute approximate surface area is 207 Å². The summed E-state index contributed by atoms with van der Waals surface area (Å²) in [5.41, 5.74) is 3.94. The highest BCUT2D eigenvalue weighted by Gasteiger charge is 2.29. The fourth-order valence-electron chi connectivity index (χ4n) is 6.07. The molecule has 0 saturated carbocycles. The molecule has 0 amide bonds. The van der Waals surface area contributed by atoms with Crippen molar-refractivity contribution >= 4 is 16.7 Å². The average molecular weight is 477 g/mol. The molecule has 3 aromatic rings. The molecule has 2 atom stereocenters. The van der Waals surface area contributed by atoms with E-state index in [1.807, 2.05) is 17.8 Å². The second-order valence-electron chi connectivity index (χ2n) is 10.4. The second kappa shape index (κ2) is 9.48. The molecule has 0 radical (unpaired) electrons. The number of aromatic nitrogens is 4. The van der Waals surface area contributed by atoms with Crippen molar-refractivity contribution in [3.8, 4) is 5.82 Å². The van der Waals surface area contributed by atoms with Crippen LogP contribution in [0.3, 0.4) is 0 Å². The fraction of sp³-hybridized carbons (Fsp3) is 0.593. The first-order valence-corrected chi connectivity index (χ1v) is 13.1. The molecule has 3 fully saturated rings. The fourth-order valence-corrected chi connectivity index (χ4v) is 6.07. The van der Waals surface area contributed by atoms with E-state index in [-0.39, 0.29) is 6.04 Å². The van der Waals surface area contributed by atoms with Gasteiger partial charge in [0.1, 0.15) is 11.6 Å². The summed E-state index contributed by atoms with van der Waals surface area (Å²) >= 11 is 0. The Morgan fingerprint density at radius 3 is 2.46 bits per heavy atom. The number of fused-ring (bicyclic) bond motifs is 1. The molecule has 0 spiro atoms. The molecular weight excluding hydrogens is 440 g/mol. The van der Waals surface area contributed by atoms with Crippen LogP contribution in [0.15, 0.2) is 24.4 Å². The van der Waals surface area contributed by atoms with E-state index >= 15 is 0 Å². The minimum atomic E-state index is 0.288. The van der Waals surface area contributed by atoms with E-state index in [1.165, 1.54) is 30.4 Å². The molecule has 0 aliphatic carbocycles. The minimum Gasteiger partial charge on any atom is -0.380 e. The van der Waals surface area contributed by atoms with Gasteiger partial charge in [-0.25, -0.2) is 14.6 Å². The maximum Gasteiger partial charge on any atom is 0.159 e. The van der Waals surface area contributed by atoms with Gasteiger partial charge in [0.25, 0.3) is 0 Å². The zero-order chi connectivity index (χ0) is 23.9. The highest BCUT2D eigenvalue weighted by Crippen LogP contribution is 2.34. The lowest BCUT2D eigenvalue weighted by atomic mass is 9.86. The van der Waals surface area contributed by atoms with Gasteiger partial charge in [0.15, 0.2) is 5.82 Å². The number of nitrogens with zero attached hydrogens (tertiary/aromatic N) is 6. The topological polar surface area (TPSA) is 68.5 Å². The molecule has 0 N–H and O–H groups in total. The molecule has 35 heavy (non-hydrogen) atoms. The zero-order valence-electron chi connectivity index (χ0n) is 21.1. The molecule has 3 saturated heterocycles. The van der Waals surface area contributed by atoms with Gasteiger partial charge >= 0.3 is 0 Å². The minimum absolute atomic E-state index is 0.288. The third kappa shape index (κ3) is 4.43. The van der Waals surface area contributed by atoms with E-state index in [0.29, 0.717) is 12.0 Å². The number of aryl methyl sites for hydroxylation is 2. The summed E-state index contributed by atoms with van der Waals surface area (Å²) < 4.78 is 13.2. The summed E-state index contributed by atoms with van der Waals surface area (Å²) in [6, 6.07) is 7.64. The van der Waals surface area contributed by atoms with Crippen molar-refractivity contribution in [1.29, 1.82) is 0 Å². The lowest BCUT2D eigenvalue weighted by Crippen LogP contribution is -2.44. The Morgan fingerprint density at radius 1 is 0.886 bits per heavy atom. The van der Waals surface area contributed by atoms with Gasteiger partial charge in [-0.05, 0) is 82.3 Å². The van der Waals surface area contributed by atoms with Gasteiger partial charge in [-0.1, -0.05) is 0 Å². The third-order valence-corrected chi connectivity index (χ3v) is 8.04. The van der Waals surface area contributed by atoms with E-state index in [1.54, 1.807) is 0 Å². The number of hydrogen-bond donors (Lipinski definition) is 0. The third-order valence-electron chi connectivity index (χ3n) is 8.04. The molecule has 6 rings (SSSR count). The van der Waals surface area contributed by atoms with Crippen LogP contribution >= 0.6 is 0 Å². The summed E-state index contributed by atoms with van der Waals surface area (Å²) in [5.74, 6) is 3.11. The molecule has 8 nitrogen and oxygen atoms in total. The van der Waals surface area contributed by atoms with Crippen LogP contribution in [-0.2, 0) is 9.47 Å². The predicted octanol–water partition coefficient (Wildman–Crippen LogP) is 3.63. The highest BCUT2D eigenvalue weighted by atomic mass is 16.5. The maximum absolute atomic E-state index is 5.63. The van der Waals surface area contributed by atoms with E-state index in [4.69, 9.17) is 24.5 Å². The molecule has 3 aliphatic heterocycles. The van der Waals surface area contributed by atoms with Gasteiger partial charge < -0.3 is 14.4 Å². The number of piperidine rings is 1. The van der Waals surface area contributed by atoms with Gasteiger partial charge in [-0.15, -0.1) is 0 Å². The maximum atomic E-state index is 5.63. The first kappa shape index (κ1) is 22.9. The van der Waals surface area contributed by atoms with Crippen LogP contribution in [0.5, 0.6) is 0 Å². The lowest BCUT2D eigenvalue weighted by Gasteiger charge is -2.36. The number of morpholine rings is 1.